The van der Waals surface area contributed by atoms with Crippen molar-refractivity contribution < 1.29 is 0 Å². The Kier molecular flexibility index (Phi) is 25.6. The molecule has 0 saturated heterocycles. The molecule has 0 heterocycles. The molecule has 15 heavy (non-hydrogen) atoms. The van der Waals surface area contributed by atoms with Gasteiger partial charge in [-0.05, 0) is 26.7 Å². The number of allylic oxidation sites excluding steroid dienone is 2. The van der Waals surface area contributed by atoms with Crippen LogP contribution in [0, 0.1) is 0 Å². The molecular weight excluding hydrogens is 182 g/mol. The quantitative estimate of drug-likeness (QED) is 0.685. The zero-order chi connectivity index (χ0) is 12.7. The predicted octanol–water partition coefficient (Wildman–Crippen LogP) is 5.13. The van der Waals surface area contributed by atoms with Crippen molar-refractivity contribution in [2.75, 3.05) is 7.05 Å². The van der Waals surface area contributed by atoms with E-state index in [4.69, 9.17) is 0 Å². The number of nitrogens with one attached hydrogen (secondary N) is 1. The van der Waals surface area contributed by atoms with E-state index < -0.39 is 0 Å². The molecule has 94 valence electrons. The molecule has 0 rings (SSSR count). The second-order valence-corrected chi connectivity index (χ2v) is 3.54. The first-order valence-corrected chi connectivity index (χ1v) is 6.47. The van der Waals surface area contributed by atoms with Gasteiger partial charge < -0.3 is 5.32 Å². The lowest BCUT2D eigenvalue weighted by molar-refractivity contribution is 0.734. The first-order valence-electron chi connectivity index (χ1n) is 6.47. The van der Waals surface area contributed by atoms with Gasteiger partial charge in [-0.25, -0.2) is 0 Å². The van der Waals surface area contributed by atoms with Crippen LogP contribution >= 0.6 is 0 Å². The summed E-state index contributed by atoms with van der Waals surface area (Å²) in [6.45, 7) is 14.8. The highest BCUT2D eigenvalue weighted by atomic mass is 14.8. The fourth-order valence-electron chi connectivity index (χ4n) is 0.979. The third kappa shape index (κ3) is 19.8. The van der Waals surface area contributed by atoms with Gasteiger partial charge in [-0.1, -0.05) is 53.0 Å². The summed E-state index contributed by atoms with van der Waals surface area (Å²) < 4.78 is 0. The van der Waals surface area contributed by atoms with E-state index in [1.54, 1.807) is 0 Å². The SMILES string of the molecule is CC.CCC.CCCCC(NC)=C(C)C. The predicted molar refractivity (Wildman–Crippen MR) is 74.3 cm³/mol. The zero-order valence-electron chi connectivity index (χ0n) is 12.3. The van der Waals surface area contributed by atoms with Crippen LogP contribution in [0.25, 0.3) is 0 Å². The van der Waals surface area contributed by atoms with Crippen LogP contribution < -0.4 is 5.32 Å². The van der Waals surface area contributed by atoms with Crippen LogP contribution in [0.1, 0.15) is 74.1 Å². The highest BCUT2D eigenvalue weighted by Gasteiger charge is 1.93. The lowest BCUT2D eigenvalue weighted by Gasteiger charge is -2.07. The van der Waals surface area contributed by atoms with Crippen LogP contribution in [0.15, 0.2) is 11.3 Å². The van der Waals surface area contributed by atoms with Crippen LogP contribution in [0.3, 0.4) is 0 Å². The van der Waals surface area contributed by atoms with Gasteiger partial charge in [0.25, 0.3) is 0 Å². The van der Waals surface area contributed by atoms with E-state index in [2.05, 4.69) is 39.9 Å². The minimum atomic E-state index is 1.20. The molecule has 0 aliphatic heterocycles. The smallest absolute Gasteiger partial charge is 0.00902 e. The Balaban J connectivity index is -0.000000245. The maximum atomic E-state index is 3.22. The molecule has 0 saturated carbocycles. The Labute approximate surface area is 98.4 Å². The molecule has 0 bridgehead atoms. The minimum absolute atomic E-state index is 1.20. The third-order valence-corrected chi connectivity index (χ3v) is 1.69. The standard InChI is InChI=1S/C9H19N.C3H8.C2H6/c1-5-6-7-9(10-4)8(2)3;1-3-2;1-2/h10H,5-7H2,1-4H3;3H2,1-2H3;1-2H3. The zero-order valence-corrected chi connectivity index (χ0v) is 12.3. The van der Waals surface area contributed by atoms with Crippen molar-refractivity contribution in [3.8, 4) is 0 Å². The molecule has 0 radical (unpaired) electrons. The monoisotopic (exact) mass is 215 g/mol. The summed E-state index contributed by atoms with van der Waals surface area (Å²) in [6.07, 6.45) is 5.02. The van der Waals surface area contributed by atoms with Gasteiger partial charge in [0.2, 0.25) is 0 Å². The number of rotatable bonds is 4. The van der Waals surface area contributed by atoms with Gasteiger partial charge in [0.15, 0.2) is 0 Å². The minimum Gasteiger partial charge on any atom is -0.391 e. The summed E-state index contributed by atoms with van der Waals surface area (Å²) >= 11 is 0. The van der Waals surface area contributed by atoms with Gasteiger partial charge >= 0.3 is 0 Å². The van der Waals surface area contributed by atoms with Crippen LogP contribution in [-0.2, 0) is 0 Å². The summed E-state index contributed by atoms with van der Waals surface area (Å²) in [5.41, 5.74) is 2.82. The number of hydrogen-bond donors (Lipinski definition) is 1. The van der Waals surface area contributed by atoms with E-state index in [1.165, 1.54) is 37.0 Å². The molecule has 0 atom stereocenters. The van der Waals surface area contributed by atoms with E-state index in [9.17, 15) is 0 Å². The van der Waals surface area contributed by atoms with E-state index in [1.807, 2.05) is 20.9 Å². The molecule has 0 unspecified atom stereocenters. The molecule has 0 fully saturated rings. The van der Waals surface area contributed by atoms with Crippen molar-refractivity contribution in [3.63, 3.8) is 0 Å². The molecule has 0 aliphatic rings. The van der Waals surface area contributed by atoms with Crippen LogP contribution in [0.5, 0.6) is 0 Å². The second-order valence-electron chi connectivity index (χ2n) is 3.54. The summed E-state index contributed by atoms with van der Waals surface area (Å²) in [4.78, 5) is 0. The molecular formula is C14H33N. The van der Waals surface area contributed by atoms with Crippen LogP contribution in [0.2, 0.25) is 0 Å². The van der Waals surface area contributed by atoms with Gasteiger partial charge in [-0.3, -0.25) is 0 Å². The molecule has 0 aromatic heterocycles. The summed E-state index contributed by atoms with van der Waals surface area (Å²) in [7, 11) is 2.00. The van der Waals surface area contributed by atoms with Gasteiger partial charge in [0.1, 0.15) is 0 Å². The lowest BCUT2D eigenvalue weighted by atomic mass is 10.1. The molecule has 1 nitrogen and oxygen atoms in total. The van der Waals surface area contributed by atoms with Crippen molar-refractivity contribution in [3.05, 3.63) is 11.3 Å². The van der Waals surface area contributed by atoms with Crippen LogP contribution in [0.4, 0.5) is 0 Å². The average molecular weight is 215 g/mol. The lowest BCUT2D eigenvalue weighted by Crippen LogP contribution is -2.07. The maximum Gasteiger partial charge on any atom is 0.00902 e. The Hall–Kier alpha value is -0.460. The van der Waals surface area contributed by atoms with Crippen molar-refractivity contribution in [1.82, 2.24) is 5.32 Å². The van der Waals surface area contributed by atoms with E-state index in [-0.39, 0.29) is 0 Å². The molecule has 1 N–H and O–H groups in total. The normalized spacial score (nSPS) is 7.73. The van der Waals surface area contributed by atoms with E-state index in [0.29, 0.717) is 0 Å². The highest BCUT2D eigenvalue weighted by molar-refractivity contribution is 5.06. The summed E-state index contributed by atoms with van der Waals surface area (Å²) in [5.74, 6) is 0. The highest BCUT2D eigenvalue weighted by Crippen LogP contribution is 2.07. The largest absolute Gasteiger partial charge is 0.391 e. The molecule has 0 spiro atoms. The summed E-state index contributed by atoms with van der Waals surface area (Å²) in [6, 6.07) is 0. The van der Waals surface area contributed by atoms with Crippen molar-refractivity contribution >= 4 is 0 Å². The van der Waals surface area contributed by atoms with E-state index in [0.717, 1.165) is 0 Å². The maximum absolute atomic E-state index is 3.22. The van der Waals surface area contributed by atoms with Crippen LogP contribution in [-0.4, -0.2) is 7.05 Å². The van der Waals surface area contributed by atoms with Crippen molar-refractivity contribution in [1.29, 1.82) is 0 Å². The molecule has 0 amide bonds. The Bertz CT molecular complexity index is 121. The number of hydrogen-bond acceptors (Lipinski definition) is 1. The third-order valence-electron chi connectivity index (χ3n) is 1.69. The van der Waals surface area contributed by atoms with Crippen molar-refractivity contribution in [2.24, 2.45) is 0 Å². The van der Waals surface area contributed by atoms with Gasteiger partial charge in [0.05, 0.1) is 0 Å². The fourth-order valence-corrected chi connectivity index (χ4v) is 0.979. The topological polar surface area (TPSA) is 12.0 Å². The summed E-state index contributed by atoms with van der Waals surface area (Å²) in [5, 5.41) is 3.22. The second kappa shape index (κ2) is 19.2. The Morgan fingerprint density at radius 3 is 1.60 bits per heavy atom. The Morgan fingerprint density at radius 1 is 1.00 bits per heavy atom. The van der Waals surface area contributed by atoms with Gasteiger partial charge in [-0.2, -0.15) is 0 Å². The molecule has 1 heteroatoms. The van der Waals surface area contributed by atoms with Gasteiger partial charge in [0, 0.05) is 12.7 Å². The number of unbranched alkanes of at least 4 members (excludes halogenated alkanes) is 1. The first kappa shape index (κ1) is 20.0. The molecule has 0 aliphatic carbocycles. The van der Waals surface area contributed by atoms with Gasteiger partial charge in [-0.15, -0.1) is 0 Å². The fraction of sp³-hybridized carbons (Fsp3) is 0.857. The average Bonchev–Trinajstić information content (AvgIpc) is 2.23. The molecule has 0 aromatic rings. The Morgan fingerprint density at radius 2 is 1.40 bits per heavy atom. The van der Waals surface area contributed by atoms with E-state index >= 15 is 0 Å². The van der Waals surface area contributed by atoms with Crippen molar-refractivity contribution in [2.45, 2.75) is 74.1 Å². The first-order chi connectivity index (χ1) is 7.13. The molecule has 0 aromatic carbocycles.